The van der Waals surface area contributed by atoms with Crippen LogP contribution in [0, 0.1) is 11.3 Å². The van der Waals surface area contributed by atoms with Crippen molar-refractivity contribution in [3.63, 3.8) is 0 Å². The van der Waals surface area contributed by atoms with E-state index in [1.54, 1.807) is 17.2 Å². The van der Waals surface area contributed by atoms with E-state index >= 15 is 0 Å². The lowest BCUT2D eigenvalue weighted by Crippen LogP contribution is -2.28. The zero-order chi connectivity index (χ0) is 13.9. The largest absolute Gasteiger partial charge is 0.338 e. The van der Waals surface area contributed by atoms with Crippen molar-refractivity contribution in [3.05, 3.63) is 35.5 Å². The first kappa shape index (κ1) is 12.4. The zero-order valence-electron chi connectivity index (χ0n) is 11.0. The van der Waals surface area contributed by atoms with E-state index in [-0.39, 0.29) is 11.5 Å². The average molecular weight is 266 g/mol. The van der Waals surface area contributed by atoms with Gasteiger partial charge in [0.2, 0.25) is 0 Å². The number of nitrogens with one attached hydrogen (secondary N) is 1. The number of nitriles is 1. The van der Waals surface area contributed by atoms with Crippen LogP contribution in [-0.2, 0) is 4.79 Å². The number of likely N-dealkylation sites (tertiary alicyclic amines) is 1. The Hall–Kier alpha value is -2.61. The second-order valence-electron chi connectivity index (χ2n) is 4.89. The summed E-state index contributed by atoms with van der Waals surface area (Å²) in [6, 6.07) is 7.69. The first-order valence-corrected chi connectivity index (χ1v) is 6.62. The maximum absolute atomic E-state index is 12.2. The molecular weight excluding hydrogens is 252 g/mol. The van der Waals surface area contributed by atoms with E-state index in [0.29, 0.717) is 0 Å². The summed E-state index contributed by atoms with van der Waals surface area (Å²) in [5.74, 6) is -0.169. The molecule has 3 rings (SSSR count). The Bertz CT molecular complexity index is 717. The highest BCUT2D eigenvalue weighted by Gasteiger charge is 2.21. The molecule has 1 aromatic heterocycles. The Kier molecular flexibility index (Phi) is 3.21. The monoisotopic (exact) mass is 266 g/mol. The minimum Gasteiger partial charge on any atom is -0.338 e. The van der Waals surface area contributed by atoms with Gasteiger partial charge in [-0.1, -0.05) is 6.07 Å². The van der Waals surface area contributed by atoms with Crippen LogP contribution in [0.5, 0.6) is 0 Å². The summed E-state index contributed by atoms with van der Waals surface area (Å²) >= 11 is 0. The van der Waals surface area contributed by atoms with Gasteiger partial charge in [0.1, 0.15) is 11.6 Å². The molecule has 0 saturated carbocycles. The van der Waals surface area contributed by atoms with Gasteiger partial charge in [-0.2, -0.15) is 10.4 Å². The Balaban J connectivity index is 1.91. The normalized spacial score (nSPS) is 15.6. The molecule has 0 unspecified atom stereocenters. The van der Waals surface area contributed by atoms with Gasteiger partial charge in [-0.15, -0.1) is 0 Å². The van der Waals surface area contributed by atoms with Crippen LogP contribution in [0.1, 0.15) is 18.4 Å². The molecule has 1 N–H and O–H groups in total. The fourth-order valence-electron chi connectivity index (χ4n) is 2.45. The van der Waals surface area contributed by atoms with Crippen molar-refractivity contribution in [1.29, 1.82) is 5.26 Å². The molecule has 5 heteroatoms. The summed E-state index contributed by atoms with van der Waals surface area (Å²) in [4.78, 5) is 14.0. The number of carbonyl (C=O) groups is 1. The topological polar surface area (TPSA) is 72.8 Å². The van der Waals surface area contributed by atoms with Crippen molar-refractivity contribution in [1.82, 2.24) is 15.1 Å². The quantitative estimate of drug-likeness (QED) is 0.668. The minimum atomic E-state index is -0.169. The van der Waals surface area contributed by atoms with Crippen LogP contribution in [0.3, 0.4) is 0 Å². The SMILES string of the molecule is N#CC(=Cc1ccc2[nH]ncc2c1)C(=O)N1CCCC1. The second kappa shape index (κ2) is 5.17. The third-order valence-electron chi connectivity index (χ3n) is 3.52. The summed E-state index contributed by atoms with van der Waals surface area (Å²) in [6.07, 6.45) is 5.41. The van der Waals surface area contributed by atoms with Gasteiger partial charge < -0.3 is 4.90 Å². The maximum atomic E-state index is 12.2. The summed E-state index contributed by atoms with van der Waals surface area (Å²) in [5, 5.41) is 17.0. The number of hydrogen-bond donors (Lipinski definition) is 1. The van der Waals surface area contributed by atoms with Gasteiger partial charge in [0.05, 0.1) is 11.7 Å². The first-order chi connectivity index (χ1) is 9.78. The second-order valence-corrected chi connectivity index (χ2v) is 4.89. The first-order valence-electron chi connectivity index (χ1n) is 6.62. The molecule has 0 spiro atoms. The molecule has 5 nitrogen and oxygen atoms in total. The van der Waals surface area contributed by atoms with Crippen LogP contribution in [0.15, 0.2) is 30.0 Å². The smallest absolute Gasteiger partial charge is 0.264 e. The molecule has 1 saturated heterocycles. The third kappa shape index (κ3) is 2.28. The van der Waals surface area contributed by atoms with Crippen LogP contribution in [0.2, 0.25) is 0 Å². The van der Waals surface area contributed by atoms with E-state index in [1.165, 1.54) is 0 Å². The fourth-order valence-corrected chi connectivity index (χ4v) is 2.45. The standard InChI is InChI=1S/C15H14N4O/c16-9-12(15(20)19-5-1-2-6-19)7-11-3-4-14-13(8-11)10-17-18-14/h3-4,7-8,10H,1-2,5-6H2,(H,17,18). The molecule has 0 bridgehead atoms. The lowest BCUT2D eigenvalue weighted by Gasteiger charge is -2.14. The number of nitrogens with zero attached hydrogens (tertiary/aromatic N) is 3. The van der Waals surface area contributed by atoms with Gasteiger partial charge in [-0.25, -0.2) is 0 Å². The molecule has 1 aliphatic rings. The highest BCUT2D eigenvalue weighted by Crippen LogP contribution is 2.17. The lowest BCUT2D eigenvalue weighted by molar-refractivity contribution is -0.125. The molecule has 2 heterocycles. The predicted octanol–water partition coefficient (Wildman–Crippen LogP) is 2.09. The van der Waals surface area contributed by atoms with Crippen LogP contribution in [0.4, 0.5) is 0 Å². The molecule has 0 radical (unpaired) electrons. The fraction of sp³-hybridized carbons (Fsp3) is 0.267. The molecule has 2 aromatic rings. The van der Waals surface area contributed by atoms with Crippen molar-refractivity contribution in [3.8, 4) is 6.07 Å². The van der Waals surface area contributed by atoms with E-state index in [2.05, 4.69) is 10.2 Å². The number of benzene rings is 1. The van der Waals surface area contributed by atoms with Crippen LogP contribution >= 0.6 is 0 Å². The maximum Gasteiger partial charge on any atom is 0.264 e. The molecule has 1 amide bonds. The van der Waals surface area contributed by atoms with Crippen molar-refractivity contribution >= 4 is 22.9 Å². The molecular formula is C15H14N4O. The summed E-state index contributed by atoms with van der Waals surface area (Å²) in [6.45, 7) is 1.50. The van der Waals surface area contributed by atoms with E-state index < -0.39 is 0 Å². The van der Waals surface area contributed by atoms with E-state index in [9.17, 15) is 10.1 Å². The van der Waals surface area contributed by atoms with Crippen molar-refractivity contribution in [2.24, 2.45) is 0 Å². The van der Waals surface area contributed by atoms with Gasteiger partial charge in [0.25, 0.3) is 5.91 Å². The molecule has 100 valence electrons. The van der Waals surface area contributed by atoms with Crippen LogP contribution in [0.25, 0.3) is 17.0 Å². The molecule has 0 aliphatic carbocycles. The number of rotatable bonds is 2. The Morgan fingerprint density at radius 3 is 2.95 bits per heavy atom. The van der Waals surface area contributed by atoms with E-state index in [0.717, 1.165) is 42.4 Å². The van der Waals surface area contributed by atoms with Gasteiger partial charge in [0, 0.05) is 18.5 Å². The number of carbonyl (C=O) groups excluding carboxylic acids is 1. The van der Waals surface area contributed by atoms with Crippen molar-refractivity contribution < 1.29 is 4.79 Å². The molecule has 20 heavy (non-hydrogen) atoms. The average Bonchev–Trinajstić information content (AvgIpc) is 3.14. The summed E-state index contributed by atoms with van der Waals surface area (Å²) in [7, 11) is 0. The Morgan fingerprint density at radius 2 is 2.20 bits per heavy atom. The number of hydrogen-bond acceptors (Lipinski definition) is 3. The highest BCUT2D eigenvalue weighted by atomic mass is 16.2. The number of aromatic nitrogens is 2. The number of aromatic amines is 1. The highest BCUT2D eigenvalue weighted by molar-refractivity contribution is 6.02. The van der Waals surface area contributed by atoms with Crippen LogP contribution in [-0.4, -0.2) is 34.1 Å². The predicted molar refractivity (Wildman–Crippen MR) is 75.5 cm³/mol. The molecule has 1 fully saturated rings. The molecule has 1 aromatic carbocycles. The van der Waals surface area contributed by atoms with Crippen molar-refractivity contribution in [2.75, 3.05) is 13.1 Å². The minimum absolute atomic E-state index is 0.169. The summed E-state index contributed by atoms with van der Waals surface area (Å²) in [5.41, 5.74) is 1.96. The van der Waals surface area contributed by atoms with Crippen molar-refractivity contribution in [2.45, 2.75) is 12.8 Å². The lowest BCUT2D eigenvalue weighted by atomic mass is 10.1. The number of amides is 1. The van der Waals surface area contributed by atoms with Gasteiger partial charge in [0.15, 0.2) is 0 Å². The third-order valence-corrected chi connectivity index (χ3v) is 3.52. The molecule has 0 atom stereocenters. The van der Waals surface area contributed by atoms with Gasteiger partial charge in [-0.3, -0.25) is 9.89 Å². The summed E-state index contributed by atoms with van der Waals surface area (Å²) < 4.78 is 0. The van der Waals surface area contributed by atoms with E-state index in [4.69, 9.17) is 0 Å². The van der Waals surface area contributed by atoms with Crippen LogP contribution < -0.4 is 0 Å². The number of H-pyrrole nitrogens is 1. The van der Waals surface area contributed by atoms with Gasteiger partial charge >= 0.3 is 0 Å². The Labute approximate surface area is 116 Å². The Morgan fingerprint density at radius 1 is 1.40 bits per heavy atom. The van der Waals surface area contributed by atoms with Gasteiger partial charge in [-0.05, 0) is 36.6 Å². The van der Waals surface area contributed by atoms with E-state index in [1.807, 2.05) is 24.3 Å². The number of fused-ring (bicyclic) bond motifs is 1. The molecule has 1 aliphatic heterocycles. The zero-order valence-corrected chi connectivity index (χ0v) is 11.0.